The highest BCUT2D eigenvalue weighted by atomic mass is 16.1. The van der Waals surface area contributed by atoms with Crippen LogP contribution in [0.15, 0.2) is 24.3 Å². The number of para-hydroxylation sites is 1. The molecule has 0 aliphatic carbocycles. The molecule has 0 bridgehead atoms. The number of piperazine rings is 1. The van der Waals surface area contributed by atoms with Crippen molar-refractivity contribution in [3.63, 3.8) is 0 Å². The third-order valence-corrected chi connectivity index (χ3v) is 6.81. The molecule has 2 aliphatic rings. The van der Waals surface area contributed by atoms with E-state index in [9.17, 15) is 4.79 Å². The minimum absolute atomic E-state index is 0.239. The number of nitrogens with one attached hydrogen (secondary N) is 1. The number of carbonyl (C=O) groups excluding carboxylic acids is 1. The summed E-state index contributed by atoms with van der Waals surface area (Å²) in [5.74, 6) is 0.239. The molecule has 3 heterocycles. The normalized spacial score (nSPS) is 25.0. The van der Waals surface area contributed by atoms with Gasteiger partial charge in [0, 0.05) is 73.5 Å². The molecule has 28 heavy (non-hydrogen) atoms. The van der Waals surface area contributed by atoms with Gasteiger partial charge in [0.25, 0.3) is 0 Å². The van der Waals surface area contributed by atoms with Gasteiger partial charge in [-0.25, -0.2) is 0 Å². The van der Waals surface area contributed by atoms with Crippen LogP contribution in [-0.2, 0) is 0 Å². The quantitative estimate of drug-likeness (QED) is 0.780. The number of hydrogen-bond acceptors (Lipinski definition) is 4. The van der Waals surface area contributed by atoms with Gasteiger partial charge in [-0.2, -0.15) is 0 Å². The van der Waals surface area contributed by atoms with Gasteiger partial charge in [-0.05, 0) is 39.7 Å². The van der Waals surface area contributed by atoms with Crippen LogP contribution in [-0.4, -0.2) is 83.4 Å². The minimum atomic E-state index is 0.239. The molecule has 0 spiro atoms. The molecule has 0 saturated carbocycles. The average Bonchev–Trinajstić information content (AvgIpc) is 3.19. The number of rotatable bonds is 6. The number of hydrogen-bond donors (Lipinski definition) is 1. The van der Waals surface area contributed by atoms with Crippen molar-refractivity contribution in [1.29, 1.82) is 0 Å². The molecular weight excluding hydrogens is 348 g/mol. The number of benzene rings is 1. The zero-order valence-corrected chi connectivity index (χ0v) is 17.6. The number of aromatic nitrogens is 1. The van der Waals surface area contributed by atoms with E-state index in [1.165, 1.54) is 19.4 Å². The Hall–Kier alpha value is -1.69. The standard InChI is InChI=1S/C23H34N4O/c1-17-8-9-18(2)27(17)15-14-25-10-12-26(13-11-25)16-22(28)23-19(3)24-21-7-5-4-6-20(21)23/h4-7,17-18,24H,8-16H2,1-3H3. The predicted molar refractivity (Wildman–Crippen MR) is 115 cm³/mol. The van der Waals surface area contributed by atoms with Gasteiger partial charge in [-0.1, -0.05) is 18.2 Å². The Morgan fingerprint density at radius 1 is 1.00 bits per heavy atom. The van der Waals surface area contributed by atoms with Crippen molar-refractivity contribution in [3.8, 4) is 0 Å². The second-order valence-electron chi connectivity index (χ2n) is 8.72. The minimum Gasteiger partial charge on any atom is -0.358 e. The van der Waals surface area contributed by atoms with Gasteiger partial charge in [0.1, 0.15) is 0 Å². The monoisotopic (exact) mass is 382 g/mol. The van der Waals surface area contributed by atoms with Crippen LogP contribution >= 0.6 is 0 Å². The number of H-pyrrole nitrogens is 1. The lowest BCUT2D eigenvalue weighted by Crippen LogP contribution is -2.50. The van der Waals surface area contributed by atoms with E-state index in [2.05, 4.69) is 33.5 Å². The number of fused-ring (bicyclic) bond motifs is 1. The first-order valence-electron chi connectivity index (χ1n) is 10.8. The maximum atomic E-state index is 13.0. The van der Waals surface area contributed by atoms with Crippen molar-refractivity contribution in [1.82, 2.24) is 19.7 Å². The fourth-order valence-corrected chi connectivity index (χ4v) is 5.04. The van der Waals surface area contributed by atoms with Crippen molar-refractivity contribution in [3.05, 3.63) is 35.5 Å². The van der Waals surface area contributed by atoms with Crippen molar-refractivity contribution in [2.75, 3.05) is 45.8 Å². The van der Waals surface area contributed by atoms with E-state index >= 15 is 0 Å². The Morgan fingerprint density at radius 2 is 1.64 bits per heavy atom. The summed E-state index contributed by atoms with van der Waals surface area (Å²) < 4.78 is 0. The Bertz CT molecular complexity index is 811. The van der Waals surface area contributed by atoms with Crippen LogP contribution in [0.4, 0.5) is 0 Å². The molecule has 5 nitrogen and oxygen atoms in total. The summed E-state index contributed by atoms with van der Waals surface area (Å²) >= 11 is 0. The summed E-state index contributed by atoms with van der Waals surface area (Å²) in [6, 6.07) is 9.56. The third-order valence-electron chi connectivity index (χ3n) is 6.81. The van der Waals surface area contributed by atoms with E-state index in [4.69, 9.17) is 0 Å². The van der Waals surface area contributed by atoms with Crippen LogP contribution in [0.3, 0.4) is 0 Å². The topological polar surface area (TPSA) is 42.6 Å². The molecule has 152 valence electrons. The summed E-state index contributed by atoms with van der Waals surface area (Å²) in [5, 5.41) is 1.05. The van der Waals surface area contributed by atoms with Gasteiger partial charge in [0.2, 0.25) is 0 Å². The zero-order chi connectivity index (χ0) is 19.7. The fourth-order valence-electron chi connectivity index (χ4n) is 5.04. The molecule has 2 saturated heterocycles. The highest BCUT2D eigenvalue weighted by Gasteiger charge is 2.28. The van der Waals surface area contributed by atoms with Crippen molar-refractivity contribution in [2.45, 2.75) is 45.7 Å². The molecule has 0 radical (unpaired) electrons. The van der Waals surface area contributed by atoms with Gasteiger partial charge in [0.15, 0.2) is 5.78 Å². The molecule has 2 aromatic rings. The van der Waals surface area contributed by atoms with Crippen LogP contribution in [0, 0.1) is 6.92 Å². The van der Waals surface area contributed by atoms with Crippen molar-refractivity contribution >= 4 is 16.7 Å². The van der Waals surface area contributed by atoms with Gasteiger partial charge >= 0.3 is 0 Å². The van der Waals surface area contributed by atoms with Crippen LogP contribution in [0.5, 0.6) is 0 Å². The van der Waals surface area contributed by atoms with Crippen molar-refractivity contribution in [2.24, 2.45) is 0 Å². The highest BCUT2D eigenvalue weighted by molar-refractivity contribution is 6.10. The zero-order valence-electron chi connectivity index (χ0n) is 17.6. The molecule has 5 heteroatoms. The lowest BCUT2D eigenvalue weighted by Gasteiger charge is -2.36. The number of ketones is 1. The molecule has 2 fully saturated rings. The highest BCUT2D eigenvalue weighted by Crippen LogP contribution is 2.24. The van der Waals surface area contributed by atoms with Gasteiger partial charge in [-0.3, -0.25) is 19.5 Å². The van der Waals surface area contributed by atoms with Crippen LogP contribution in [0.1, 0.15) is 42.7 Å². The Balaban J connectivity index is 1.28. The lowest BCUT2D eigenvalue weighted by atomic mass is 10.1. The molecule has 1 aromatic heterocycles. The second-order valence-corrected chi connectivity index (χ2v) is 8.72. The molecule has 2 atom stereocenters. The second kappa shape index (κ2) is 8.36. The largest absolute Gasteiger partial charge is 0.358 e. The van der Waals surface area contributed by atoms with E-state index in [0.717, 1.165) is 67.0 Å². The lowest BCUT2D eigenvalue weighted by molar-refractivity contribution is 0.0822. The predicted octanol–water partition coefficient (Wildman–Crippen LogP) is 3.15. The molecule has 2 unspecified atom stereocenters. The number of nitrogens with zero attached hydrogens (tertiary/aromatic N) is 3. The van der Waals surface area contributed by atoms with E-state index in [0.29, 0.717) is 6.54 Å². The fraction of sp³-hybridized carbons (Fsp3) is 0.609. The first-order valence-corrected chi connectivity index (χ1v) is 10.8. The molecule has 2 aliphatic heterocycles. The average molecular weight is 383 g/mol. The van der Waals surface area contributed by atoms with Crippen LogP contribution < -0.4 is 0 Å². The van der Waals surface area contributed by atoms with Crippen molar-refractivity contribution < 1.29 is 4.79 Å². The Morgan fingerprint density at radius 3 is 2.36 bits per heavy atom. The first-order chi connectivity index (χ1) is 13.5. The van der Waals surface area contributed by atoms with Gasteiger partial charge < -0.3 is 4.98 Å². The van der Waals surface area contributed by atoms with E-state index in [1.54, 1.807) is 0 Å². The molecule has 1 aromatic carbocycles. The summed E-state index contributed by atoms with van der Waals surface area (Å²) in [6.07, 6.45) is 2.68. The molecule has 1 N–H and O–H groups in total. The Kier molecular flexibility index (Phi) is 5.85. The van der Waals surface area contributed by atoms with Gasteiger partial charge in [0.05, 0.1) is 6.54 Å². The summed E-state index contributed by atoms with van der Waals surface area (Å²) in [5.41, 5.74) is 2.91. The number of aryl methyl sites for hydroxylation is 1. The molecule has 0 amide bonds. The van der Waals surface area contributed by atoms with Crippen LogP contribution in [0.2, 0.25) is 0 Å². The third kappa shape index (κ3) is 4.02. The Labute approximate surface area is 168 Å². The summed E-state index contributed by atoms with van der Waals surface area (Å²) in [7, 11) is 0. The number of carbonyl (C=O) groups is 1. The molecule has 4 rings (SSSR count). The number of likely N-dealkylation sites (tertiary alicyclic amines) is 1. The number of aromatic amines is 1. The molecular formula is C23H34N4O. The number of Topliss-reactive ketones (excluding diaryl/α,β-unsaturated/α-hetero) is 1. The maximum absolute atomic E-state index is 13.0. The van der Waals surface area contributed by atoms with Gasteiger partial charge in [-0.15, -0.1) is 0 Å². The maximum Gasteiger partial charge on any atom is 0.179 e. The van der Waals surface area contributed by atoms with E-state index < -0.39 is 0 Å². The summed E-state index contributed by atoms with van der Waals surface area (Å²) in [6.45, 7) is 13.7. The SMILES string of the molecule is Cc1[nH]c2ccccc2c1C(=O)CN1CCN(CCN2C(C)CCC2C)CC1. The summed E-state index contributed by atoms with van der Waals surface area (Å²) in [4.78, 5) is 23.9. The van der Waals surface area contributed by atoms with Crippen LogP contribution in [0.25, 0.3) is 10.9 Å². The van der Waals surface area contributed by atoms with E-state index in [1.807, 2.05) is 31.2 Å². The van der Waals surface area contributed by atoms with E-state index in [-0.39, 0.29) is 5.78 Å². The first kappa shape index (κ1) is 19.6. The smallest absolute Gasteiger partial charge is 0.179 e.